The first-order valence-corrected chi connectivity index (χ1v) is 9.31. The van der Waals surface area contributed by atoms with E-state index in [2.05, 4.69) is 12.2 Å². The van der Waals surface area contributed by atoms with Crippen molar-refractivity contribution in [2.45, 2.75) is 33.1 Å². The molecular weight excluding hydrogens is 360 g/mol. The quantitative estimate of drug-likeness (QED) is 0.791. The van der Waals surface area contributed by atoms with Crippen molar-refractivity contribution >= 4 is 28.2 Å². The molecule has 7 heteroatoms. The van der Waals surface area contributed by atoms with E-state index in [1.165, 1.54) is 17.4 Å². The third-order valence-corrected chi connectivity index (χ3v) is 5.58. The first-order chi connectivity index (χ1) is 12.4. The smallest absolute Gasteiger partial charge is 0.341 e. The number of thiophene rings is 1. The number of halogens is 2. The Labute approximate surface area is 154 Å². The summed E-state index contributed by atoms with van der Waals surface area (Å²) in [7, 11) is 0. The maximum Gasteiger partial charge on any atom is 0.341 e. The van der Waals surface area contributed by atoms with Crippen molar-refractivity contribution in [3.8, 4) is 0 Å². The molecule has 0 bridgehead atoms. The van der Waals surface area contributed by atoms with E-state index in [4.69, 9.17) is 4.74 Å². The van der Waals surface area contributed by atoms with Gasteiger partial charge in [-0.05, 0) is 49.8 Å². The molecule has 0 unspecified atom stereocenters. The zero-order valence-electron chi connectivity index (χ0n) is 14.5. The van der Waals surface area contributed by atoms with Crippen LogP contribution in [-0.2, 0) is 17.6 Å². The summed E-state index contributed by atoms with van der Waals surface area (Å²) in [5, 5.41) is 2.81. The fraction of sp³-hybridized carbons (Fsp3) is 0.368. The molecule has 1 heterocycles. The van der Waals surface area contributed by atoms with Gasteiger partial charge in [0, 0.05) is 4.88 Å². The lowest BCUT2D eigenvalue weighted by Gasteiger charge is -2.18. The van der Waals surface area contributed by atoms with E-state index in [0.717, 1.165) is 35.4 Å². The van der Waals surface area contributed by atoms with Crippen LogP contribution in [0.25, 0.3) is 0 Å². The second kappa shape index (κ2) is 7.53. The maximum absolute atomic E-state index is 13.9. The Kier molecular flexibility index (Phi) is 5.36. The number of ether oxygens (including phenoxy) is 1. The van der Waals surface area contributed by atoms with Gasteiger partial charge in [-0.25, -0.2) is 13.6 Å². The van der Waals surface area contributed by atoms with Crippen LogP contribution in [0.5, 0.6) is 0 Å². The van der Waals surface area contributed by atoms with E-state index in [9.17, 15) is 18.4 Å². The zero-order valence-corrected chi connectivity index (χ0v) is 15.3. The first-order valence-electron chi connectivity index (χ1n) is 8.49. The molecule has 1 aliphatic carbocycles. The number of amides is 1. The highest BCUT2D eigenvalue weighted by Gasteiger charge is 2.30. The predicted molar refractivity (Wildman–Crippen MR) is 95.8 cm³/mol. The minimum Gasteiger partial charge on any atom is -0.462 e. The Morgan fingerprint density at radius 1 is 1.27 bits per heavy atom. The van der Waals surface area contributed by atoms with Crippen LogP contribution in [0.15, 0.2) is 18.2 Å². The van der Waals surface area contributed by atoms with Crippen LogP contribution in [0, 0.1) is 17.6 Å². The SMILES string of the molecule is CCOC(=O)c1c(NC(=O)c2c(F)cccc2F)sc2c1CC[C@H](C)C2. The van der Waals surface area contributed by atoms with Crippen molar-refractivity contribution in [1.29, 1.82) is 0 Å². The molecule has 26 heavy (non-hydrogen) atoms. The van der Waals surface area contributed by atoms with Gasteiger partial charge < -0.3 is 10.1 Å². The van der Waals surface area contributed by atoms with Crippen molar-refractivity contribution in [2.75, 3.05) is 11.9 Å². The molecule has 1 aliphatic rings. The van der Waals surface area contributed by atoms with Crippen LogP contribution in [-0.4, -0.2) is 18.5 Å². The van der Waals surface area contributed by atoms with E-state index < -0.39 is 29.1 Å². The van der Waals surface area contributed by atoms with Crippen LogP contribution in [0.4, 0.5) is 13.8 Å². The van der Waals surface area contributed by atoms with Crippen molar-refractivity contribution in [1.82, 2.24) is 0 Å². The predicted octanol–water partition coefficient (Wildman–Crippen LogP) is 4.58. The fourth-order valence-electron chi connectivity index (χ4n) is 3.14. The molecule has 3 rings (SSSR count). The number of esters is 1. The molecule has 1 aromatic carbocycles. The number of carbonyl (C=O) groups excluding carboxylic acids is 2. The van der Waals surface area contributed by atoms with Crippen LogP contribution >= 0.6 is 11.3 Å². The van der Waals surface area contributed by atoms with E-state index in [1.54, 1.807) is 6.92 Å². The van der Waals surface area contributed by atoms with Gasteiger partial charge in [0.1, 0.15) is 22.2 Å². The summed E-state index contributed by atoms with van der Waals surface area (Å²) in [5.74, 6) is -2.87. The molecule has 0 radical (unpaired) electrons. The number of carbonyl (C=O) groups is 2. The minimum atomic E-state index is -0.949. The van der Waals surface area contributed by atoms with Gasteiger partial charge in [0.15, 0.2) is 0 Å². The van der Waals surface area contributed by atoms with Gasteiger partial charge in [-0.2, -0.15) is 0 Å². The highest BCUT2D eigenvalue weighted by Crippen LogP contribution is 2.40. The van der Waals surface area contributed by atoms with Crippen molar-refractivity contribution in [3.63, 3.8) is 0 Å². The Balaban J connectivity index is 1.99. The summed E-state index contributed by atoms with van der Waals surface area (Å²) < 4.78 is 32.9. The molecule has 0 spiro atoms. The lowest BCUT2D eigenvalue weighted by atomic mass is 9.88. The van der Waals surface area contributed by atoms with Gasteiger partial charge in [-0.1, -0.05) is 13.0 Å². The van der Waals surface area contributed by atoms with Gasteiger partial charge in [0.25, 0.3) is 5.91 Å². The normalized spacial score (nSPS) is 16.1. The Bertz CT molecular complexity index is 842. The highest BCUT2D eigenvalue weighted by molar-refractivity contribution is 7.17. The standard InChI is InChI=1S/C19H19F2NO3S/c1-3-25-19(24)15-11-8-7-10(2)9-14(11)26-18(15)22-17(23)16-12(20)5-4-6-13(16)21/h4-6,10H,3,7-9H2,1-2H3,(H,22,23)/t10-/m0/s1. The summed E-state index contributed by atoms with van der Waals surface area (Å²) >= 11 is 1.28. The molecule has 1 atom stereocenters. The van der Waals surface area contributed by atoms with Crippen LogP contribution in [0.3, 0.4) is 0 Å². The lowest BCUT2D eigenvalue weighted by Crippen LogP contribution is -2.18. The highest BCUT2D eigenvalue weighted by atomic mass is 32.1. The topological polar surface area (TPSA) is 55.4 Å². The number of anilines is 1. The average Bonchev–Trinajstić information content (AvgIpc) is 2.91. The molecule has 1 amide bonds. The summed E-state index contributed by atoms with van der Waals surface area (Å²) in [6.45, 7) is 4.03. The molecule has 0 saturated heterocycles. The average molecular weight is 379 g/mol. The second-order valence-corrected chi connectivity index (χ2v) is 7.43. The number of nitrogens with one attached hydrogen (secondary N) is 1. The van der Waals surface area contributed by atoms with E-state index in [0.29, 0.717) is 17.9 Å². The summed E-state index contributed by atoms with van der Waals surface area (Å²) in [4.78, 5) is 25.9. The Morgan fingerprint density at radius 2 is 1.96 bits per heavy atom. The summed E-state index contributed by atoms with van der Waals surface area (Å²) in [6.07, 6.45) is 2.45. The van der Waals surface area contributed by atoms with Crippen LogP contribution in [0.2, 0.25) is 0 Å². The third-order valence-electron chi connectivity index (χ3n) is 4.41. The summed E-state index contributed by atoms with van der Waals surface area (Å²) in [5.41, 5.74) is 0.516. The van der Waals surface area contributed by atoms with E-state index in [1.807, 2.05) is 0 Å². The molecular formula is C19H19F2NO3S. The largest absolute Gasteiger partial charge is 0.462 e. The minimum absolute atomic E-state index is 0.204. The Morgan fingerprint density at radius 3 is 2.62 bits per heavy atom. The molecule has 138 valence electrons. The van der Waals surface area contributed by atoms with Gasteiger partial charge in [-0.3, -0.25) is 4.79 Å². The van der Waals surface area contributed by atoms with E-state index >= 15 is 0 Å². The van der Waals surface area contributed by atoms with Crippen LogP contribution in [0.1, 0.15) is 51.4 Å². The molecule has 2 aromatic rings. The number of rotatable bonds is 4. The summed E-state index contributed by atoms with van der Waals surface area (Å²) in [6, 6.07) is 3.23. The maximum atomic E-state index is 13.9. The molecule has 0 saturated carbocycles. The fourth-order valence-corrected chi connectivity index (χ4v) is 4.53. The molecule has 1 N–H and O–H groups in total. The van der Waals surface area contributed by atoms with Gasteiger partial charge >= 0.3 is 5.97 Å². The van der Waals surface area contributed by atoms with Crippen LogP contribution < -0.4 is 5.32 Å². The lowest BCUT2D eigenvalue weighted by molar-refractivity contribution is 0.0526. The second-order valence-electron chi connectivity index (χ2n) is 6.33. The van der Waals surface area contributed by atoms with Gasteiger partial charge in [0.05, 0.1) is 12.2 Å². The molecule has 1 aromatic heterocycles. The van der Waals surface area contributed by atoms with Crippen molar-refractivity contribution < 1.29 is 23.1 Å². The van der Waals surface area contributed by atoms with Crippen molar-refractivity contribution in [3.05, 3.63) is 51.4 Å². The molecule has 4 nitrogen and oxygen atoms in total. The van der Waals surface area contributed by atoms with E-state index in [-0.39, 0.29) is 11.6 Å². The number of fused-ring (bicyclic) bond motifs is 1. The number of hydrogen-bond donors (Lipinski definition) is 1. The van der Waals surface area contributed by atoms with Gasteiger partial charge in [0.2, 0.25) is 0 Å². The molecule has 0 aliphatic heterocycles. The number of hydrogen-bond acceptors (Lipinski definition) is 4. The molecule has 0 fully saturated rings. The van der Waals surface area contributed by atoms with Gasteiger partial charge in [-0.15, -0.1) is 11.3 Å². The van der Waals surface area contributed by atoms with Crippen molar-refractivity contribution in [2.24, 2.45) is 5.92 Å². The first kappa shape index (κ1) is 18.5. The third kappa shape index (κ3) is 3.49. The number of benzene rings is 1. The Hall–Kier alpha value is -2.28. The monoisotopic (exact) mass is 379 g/mol. The zero-order chi connectivity index (χ0) is 18.8.